The summed E-state index contributed by atoms with van der Waals surface area (Å²) in [5, 5.41) is 0. The summed E-state index contributed by atoms with van der Waals surface area (Å²) < 4.78 is 1.05. The summed E-state index contributed by atoms with van der Waals surface area (Å²) in [7, 11) is 4.00. The standard InChI is InChI=1S/C21H20BrNO/c1-23(2)20-14-9-18(10-15-20)11-16-21(24)6-4-3-5-17-7-12-19(22)13-8-17/h3-16H,1-2H3/b5-3+,6-4+,16-11+. The smallest absolute Gasteiger partial charge is 0.178 e. The van der Waals surface area contributed by atoms with Gasteiger partial charge >= 0.3 is 0 Å². The highest BCUT2D eigenvalue weighted by Crippen LogP contribution is 2.13. The van der Waals surface area contributed by atoms with Crippen LogP contribution in [-0.4, -0.2) is 19.9 Å². The lowest BCUT2D eigenvalue weighted by molar-refractivity contribution is -0.110. The summed E-state index contributed by atoms with van der Waals surface area (Å²) >= 11 is 3.40. The number of halogens is 1. The molecule has 0 saturated carbocycles. The molecule has 2 nitrogen and oxygen atoms in total. The normalized spacial score (nSPS) is 11.6. The summed E-state index contributed by atoms with van der Waals surface area (Å²) in [5.41, 5.74) is 3.23. The van der Waals surface area contributed by atoms with Crippen molar-refractivity contribution in [1.82, 2.24) is 0 Å². The molecule has 0 spiro atoms. The zero-order chi connectivity index (χ0) is 17.4. The minimum atomic E-state index is -0.0351. The fourth-order valence-electron chi connectivity index (χ4n) is 2.01. The molecule has 0 amide bonds. The molecule has 2 aromatic carbocycles. The maximum absolute atomic E-state index is 11.8. The first-order chi connectivity index (χ1) is 11.5. The molecule has 0 atom stereocenters. The van der Waals surface area contributed by atoms with Gasteiger partial charge in [0.1, 0.15) is 0 Å². The molecular weight excluding hydrogens is 362 g/mol. The first kappa shape index (κ1) is 18.0. The first-order valence-corrected chi connectivity index (χ1v) is 8.43. The van der Waals surface area contributed by atoms with Gasteiger partial charge in [0, 0.05) is 24.3 Å². The van der Waals surface area contributed by atoms with Gasteiger partial charge in [-0.15, -0.1) is 0 Å². The van der Waals surface area contributed by atoms with Crippen LogP contribution in [0.4, 0.5) is 5.69 Å². The van der Waals surface area contributed by atoms with Crippen molar-refractivity contribution in [2.45, 2.75) is 0 Å². The quantitative estimate of drug-likeness (QED) is 0.495. The van der Waals surface area contributed by atoms with E-state index >= 15 is 0 Å². The highest BCUT2D eigenvalue weighted by Gasteiger charge is 1.94. The van der Waals surface area contributed by atoms with Gasteiger partial charge in [-0.2, -0.15) is 0 Å². The van der Waals surface area contributed by atoms with Crippen LogP contribution in [0, 0.1) is 0 Å². The average Bonchev–Trinajstić information content (AvgIpc) is 2.59. The minimum absolute atomic E-state index is 0.0351. The van der Waals surface area contributed by atoms with E-state index in [2.05, 4.69) is 15.9 Å². The zero-order valence-electron chi connectivity index (χ0n) is 13.8. The maximum Gasteiger partial charge on any atom is 0.178 e. The predicted molar refractivity (Wildman–Crippen MR) is 107 cm³/mol. The Morgan fingerprint density at radius 2 is 1.42 bits per heavy atom. The van der Waals surface area contributed by atoms with Crippen molar-refractivity contribution < 1.29 is 4.79 Å². The third-order valence-electron chi connectivity index (χ3n) is 3.38. The van der Waals surface area contributed by atoms with Crippen molar-refractivity contribution in [2.24, 2.45) is 0 Å². The average molecular weight is 382 g/mol. The van der Waals surface area contributed by atoms with Gasteiger partial charge in [0.2, 0.25) is 0 Å². The largest absolute Gasteiger partial charge is 0.378 e. The molecule has 0 unspecified atom stereocenters. The fourth-order valence-corrected chi connectivity index (χ4v) is 2.27. The van der Waals surface area contributed by atoms with Crippen LogP contribution in [0.2, 0.25) is 0 Å². The number of rotatable bonds is 6. The Morgan fingerprint density at radius 1 is 0.833 bits per heavy atom. The van der Waals surface area contributed by atoms with Gasteiger partial charge in [-0.3, -0.25) is 4.79 Å². The summed E-state index contributed by atoms with van der Waals surface area (Å²) in [5.74, 6) is -0.0351. The molecule has 0 heterocycles. The van der Waals surface area contributed by atoms with Crippen LogP contribution >= 0.6 is 15.9 Å². The second-order valence-corrected chi connectivity index (χ2v) is 6.41. The van der Waals surface area contributed by atoms with E-state index in [1.807, 2.05) is 85.8 Å². The molecule has 0 saturated heterocycles. The van der Waals surface area contributed by atoms with Gasteiger partial charge in [0.15, 0.2) is 5.78 Å². The molecule has 0 N–H and O–H groups in total. The number of ketones is 1. The first-order valence-electron chi connectivity index (χ1n) is 7.64. The number of hydrogen-bond donors (Lipinski definition) is 0. The van der Waals surface area contributed by atoms with E-state index in [1.165, 1.54) is 0 Å². The second-order valence-electron chi connectivity index (χ2n) is 5.49. The summed E-state index contributed by atoms with van der Waals surface area (Å²) in [6.45, 7) is 0. The molecule has 0 radical (unpaired) electrons. The maximum atomic E-state index is 11.8. The topological polar surface area (TPSA) is 20.3 Å². The van der Waals surface area contributed by atoms with Crippen molar-refractivity contribution in [3.05, 3.63) is 88.4 Å². The highest BCUT2D eigenvalue weighted by atomic mass is 79.9. The van der Waals surface area contributed by atoms with Crippen molar-refractivity contribution >= 4 is 39.6 Å². The van der Waals surface area contributed by atoms with Gasteiger partial charge in [-0.1, -0.05) is 64.5 Å². The Kier molecular flexibility index (Phi) is 6.76. The summed E-state index contributed by atoms with van der Waals surface area (Å²) in [4.78, 5) is 13.9. The SMILES string of the molecule is CN(C)c1ccc(/C=C/C(=O)/C=C/C=C/c2ccc(Br)cc2)cc1. The number of hydrogen-bond acceptors (Lipinski definition) is 2. The van der Waals surface area contributed by atoms with Crippen LogP contribution in [0.3, 0.4) is 0 Å². The molecular formula is C21H20BrNO. The van der Waals surface area contributed by atoms with Crippen LogP contribution in [0.5, 0.6) is 0 Å². The molecule has 122 valence electrons. The van der Waals surface area contributed by atoms with E-state index < -0.39 is 0 Å². The van der Waals surface area contributed by atoms with Gasteiger partial charge < -0.3 is 4.90 Å². The van der Waals surface area contributed by atoms with Gasteiger partial charge in [0.05, 0.1) is 0 Å². The number of carbonyl (C=O) groups is 1. The molecule has 0 bridgehead atoms. The van der Waals surface area contributed by atoms with E-state index in [4.69, 9.17) is 0 Å². The van der Waals surface area contributed by atoms with Crippen LogP contribution in [0.15, 0.2) is 77.3 Å². The van der Waals surface area contributed by atoms with Crippen molar-refractivity contribution in [1.29, 1.82) is 0 Å². The number of anilines is 1. The fraction of sp³-hybridized carbons (Fsp3) is 0.0952. The third-order valence-corrected chi connectivity index (χ3v) is 3.91. The lowest BCUT2D eigenvalue weighted by Crippen LogP contribution is -2.07. The second kappa shape index (κ2) is 9.04. The third kappa shape index (κ3) is 6.01. The molecule has 0 aliphatic heterocycles. The Balaban J connectivity index is 1.88. The molecule has 24 heavy (non-hydrogen) atoms. The molecule has 0 aliphatic carbocycles. The van der Waals surface area contributed by atoms with Gasteiger partial charge in [-0.25, -0.2) is 0 Å². The molecule has 3 heteroatoms. The lowest BCUT2D eigenvalue weighted by Gasteiger charge is -2.11. The predicted octanol–water partition coefficient (Wildman–Crippen LogP) is 5.37. The van der Waals surface area contributed by atoms with Crippen LogP contribution < -0.4 is 4.90 Å². The molecule has 2 aromatic rings. The summed E-state index contributed by atoms with van der Waals surface area (Å²) in [6.07, 6.45) is 10.5. The number of nitrogens with zero attached hydrogens (tertiary/aromatic N) is 1. The van der Waals surface area contributed by atoms with E-state index in [0.717, 1.165) is 21.3 Å². The Bertz CT molecular complexity index is 753. The van der Waals surface area contributed by atoms with Gasteiger partial charge in [0.25, 0.3) is 0 Å². The number of benzene rings is 2. The summed E-state index contributed by atoms with van der Waals surface area (Å²) in [6, 6.07) is 16.0. The van der Waals surface area contributed by atoms with Crippen LogP contribution in [0.1, 0.15) is 11.1 Å². The molecule has 0 aliphatic rings. The molecule has 0 fully saturated rings. The van der Waals surface area contributed by atoms with E-state index in [1.54, 1.807) is 18.2 Å². The lowest BCUT2D eigenvalue weighted by atomic mass is 10.1. The van der Waals surface area contributed by atoms with E-state index in [9.17, 15) is 4.79 Å². The molecule has 0 aromatic heterocycles. The van der Waals surface area contributed by atoms with E-state index in [0.29, 0.717) is 0 Å². The zero-order valence-corrected chi connectivity index (χ0v) is 15.4. The number of carbonyl (C=O) groups excluding carboxylic acids is 1. The van der Waals surface area contributed by atoms with Crippen molar-refractivity contribution in [2.75, 3.05) is 19.0 Å². The van der Waals surface area contributed by atoms with Crippen molar-refractivity contribution in [3.8, 4) is 0 Å². The van der Waals surface area contributed by atoms with Gasteiger partial charge in [-0.05, 0) is 47.5 Å². The Morgan fingerprint density at radius 3 is 2.04 bits per heavy atom. The van der Waals surface area contributed by atoms with Crippen molar-refractivity contribution in [3.63, 3.8) is 0 Å². The van der Waals surface area contributed by atoms with Crippen LogP contribution in [-0.2, 0) is 4.79 Å². The highest BCUT2D eigenvalue weighted by molar-refractivity contribution is 9.10. The number of allylic oxidation sites excluding steroid dienone is 4. The van der Waals surface area contributed by atoms with E-state index in [-0.39, 0.29) is 5.78 Å². The Labute approximate surface area is 151 Å². The minimum Gasteiger partial charge on any atom is -0.378 e. The van der Waals surface area contributed by atoms with Crippen LogP contribution in [0.25, 0.3) is 12.2 Å². The Hall–Kier alpha value is -2.39. The molecule has 2 rings (SSSR count). The monoisotopic (exact) mass is 381 g/mol.